The number of aliphatic imine (C=N–C) groups is 1. The third kappa shape index (κ3) is 8.09. The fourth-order valence-electron chi connectivity index (χ4n) is 3.37. The number of guanidine groups is 1. The van der Waals surface area contributed by atoms with Crippen LogP contribution in [0.3, 0.4) is 0 Å². The summed E-state index contributed by atoms with van der Waals surface area (Å²) in [5.41, 5.74) is 1.62. The van der Waals surface area contributed by atoms with Gasteiger partial charge in [-0.05, 0) is 48.4 Å². The first kappa shape index (κ1) is 26.1. The third-order valence-electron chi connectivity index (χ3n) is 5.04. The van der Waals surface area contributed by atoms with E-state index in [-0.39, 0.29) is 42.3 Å². The molecule has 1 aliphatic heterocycles. The fraction of sp³-hybridized carbons (Fsp3) is 0.435. The zero-order valence-electron chi connectivity index (χ0n) is 18.6. The summed E-state index contributed by atoms with van der Waals surface area (Å²) in [6, 6.07) is 11.7. The smallest absolute Gasteiger partial charge is 0.254 e. The van der Waals surface area contributed by atoms with Crippen LogP contribution in [0, 0.1) is 5.92 Å². The molecule has 2 amide bonds. The quantitative estimate of drug-likeness (QED) is 0.260. The van der Waals surface area contributed by atoms with Crippen LogP contribution in [0.15, 0.2) is 46.8 Å². The minimum Gasteiger partial charge on any atom is -0.357 e. The van der Waals surface area contributed by atoms with Crippen LogP contribution < -0.4 is 16.0 Å². The molecule has 0 aliphatic carbocycles. The third-order valence-corrected chi connectivity index (χ3v) is 5.94. The Morgan fingerprint density at radius 1 is 1.25 bits per heavy atom. The molecule has 2 heterocycles. The van der Waals surface area contributed by atoms with Crippen LogP contribution in [0.1, 0.15) is 34.6 Å². The summed E-state index contributed by atoms with van der Waals surface area (Å²) in [7, 11) is 0. The van der Waals surface area contributed by atoms with Crippen molar-refractivity contribution < 1.29 is 9.59 Å². The number of hydrogen-bond acceptors (Lipinski definition) is 4. The van der Waals surface area contributed by atoms with Gasteiger partial charge in [0, 0.05) is 36.6 Å². The molecule has 1 saturated heterocycles. The lowest BCUT2D eigenvalue weighted by Gasteiger charge is -2.26. The van der Waals surface area contributed by atoms with Gasteiger partial charge < -0.3 is 20.9 Å². The highest BCUT2D eigenvalue weighted by Gasteiger charge is 2.22. The van der Waals surface area contributed by atoms with E-state index in [9.17, 15) is 9.59 Å². The van der Waals surface area contributed by atoms with E-state index in [1.807, 2.05) is 31.2 Å². The maximum Gasteiger partial charge on any atom is 0.254 e. The minimum atomic E-state index is -0.112. The first-order valence-corrected chi connectivity index (χ1v) is 11.6. The van der Waals surface area contributed by atoms with E-state index in [1.54, 1.807) is 16.2 Å². The molecule has 0 radical (unpaired) electrons. The monoisotopic (exact) mass is 569 g/mol. The first-order valence-electron chi connectivity index (χ1n) is 10.7. The summed E-state index contributed by atoms with van der Waals surface area (Å²) in [5, 5.41) is 11.6. The van der Waals surface area contributed by atoms with Crippen LogP contribution in [0.5, 0.6) is 0 Å². The Bertz CT molecular complexity index is 886. The van der Waals surface area contributed by atoms with Gasteiger partial charge in [-0.1, -0.05) is 25.1 Å². The van der Waals surface area contributed by atoms with Crippen LogP contribution in [0.25, 0.3) is 0 Å². The van der Waals surface area contributed by atoms with Crippen molar-refractivity contribution in [2.24, 2.45) is 10.9 Å². The van der Waals surface area contributed by atoms with Crippen LogP contribution in [-0.2, 0) is 17.8 Å². The van der Waals surface area contributed by atoms with Crippen molar-refractivity contribution in [3.8, 4) is 0 Å². The van der Waals surface area contributed by atoms with Crippen molar-refractivity contribution in [1.29, 1.82) is 0 Å². The summed E-state index contributed by atoms with van der Waals surface area (Å²) >= 11 is 1.80. The molecule has 0 bridgehead atoms. The molecule has 1 unspecified atom stereocenters. The highest BCUT2D eigenvalue weighted by Crippen LogP contribution is 2.14. The predicted molar refractivity (Wildman–Crippen MR) is 141 cm³/mol. The van der Waals surface area contributed by atoms with Crippen molar-refractivity contribution >= 4 is 53.1 Å². The van der Waals surface area contributed by atoms with E-state index in [2.05, 4.69) is 45.4 Å². The summed E-state index contributed by atoms with van der Waals surface area (Å²) in [6.45, 7) is 7.61. The standard InChI is InChI=1S/C23H31N5O2S.HI/c1-3-24-23(26-14-17(2)13-20-5-4-12-31-20)27-15-18-6-8-19(9-7-18)22(30)28-11-10-25-21(29)16-28;/h4-9,12,17H,3,10-11,13-16H2,1-2H3,(H,25,29)(H2,24,26,27);1H. The number of carbonyl (C=O) groups is 2. The normalized spacial score (nSPS) is 14.9. The second-order valence-electron chi connectivity index (χ2n) is 7.74. The van der Waals surface area contributed by atoms with Crippen LogP contribution in [-0.4, -0.2) is 55.4 Å². The number of thiophene rings is 1. The number of nitrogens with one attached hydrogen (secondary N) is 3. The molecular formula is C23H32IN5O2S. The molecule has 0 saturated carbocycles. The second kappa shape index (κ2) is 13.4. The highest BCUT2D eigenvalue weighted by atomic mass is 127. The van der Waals surface area contributed by atoms with E-state index in [0.717, 1.165) is 31.0 Å². The molecule has 174 valence electrons. The molecule has 1 aliphatic rings. The first-order chi connectivity index (χ1) is 15.0. The lowest BCUT2D eigenvalue weighted by Crippen LogP contribution is -2.49. The number of halogens is 1. The fourth-order valence-corrected chi connectivity index (χ4v) is 4.24. The number of carbonyl (C=O) groups excluding carboxylic acids is 2. The zero-order chi connectivity index (χ0) is 22.1. The van der Waals surface area contributed by atoms with Crippen molar-refractivity contribution in [3.05, 3.63) is 57.8 Å². The predicted octanol–water partition coefficient (Wildman–Crippen LogP) is 2.87. The van der Waals surface area contributed by atoms with Crippen molar-refractivity contribution in [1.82, 2.24) is 20.9 Å². The van der Waals surface area contributed by atoms with Gasteiger partial charge in [0.25, 0.3) is 5.91 Å². The van der Waals surface area contributed by atoms with Gasteiger partial charge in [0.05, 0.1) is 13.1 Å². The molecule has 32 heavy (non-hydrogen) atoms. The van der Waals surface area contributed by atoms with Gasteiger partial charge in [-0.25, -0.2) is 4.99 Å². The van der Waals surface area contributed by atoms with E-state index < -0.39 is 0 Å². The Morgan fingerprint density at radius 3 is 2.69 bits per heavy atom. The van der Waals surface area contributed by atoms with Crippen molar-refractivity contribution in [2.75, 3.05) is 32.7 Å². The van der Waals surface area contributed by atoms with Crippen molar-refractivity contribution in [3.63, 3.8) is 0 Å². The molecule has 1 aromatic heterocycles. The molecule has 1 fully saturated rings. The van der Waals surface area contributed by atoms with E-state index in [0.29, 0.717) is 31.1 Å². The number of amides is 2. The number of piperazine rings is 1. The highest BCUT2D eigenvalue weighted by molar-refractivity contribution is 14.0. The molecule has 9 heteroatoms. The minimum absolute atomic E-state index is 0. The number of nitrogens with zero attached hydrogens (tertiary/aromatic N) is 2. The maximum absolute atomic E-state index is 12.6. The van der Waals surface area contributed by atoms with Gasteiger partial charge >= 0.3 is 0 Å². The number of rotatable bonds is 8. The van der Waals surface area contributed by atoms with Gasteiger partial charge in [0.2, 0.25) is 5.91 Å². The van der Waals surface area contributed by atoms with Crippen molar-refractivity contribution in [2.45, 2.75) is 26.8 Å². The summed E-state index contributed by atoms with van der Waals surface area (Å²) in [5.74, 6) is 1.07. The maximum atomic E-state index is 12.6. The Labute approximate surface area is 211 Å². The lowest BCUT2D eigenvalue weighted by molar-refractivity contribution is -0.123. The van der Waals surface area contributed by atoms with E-state index in [1.165, 1.54) is 4.88 Å². The lowest BCUT2D eigenvalue weighted by atomic mass is 10.1. The van der Waals surface area contributed by atoms with Crippen LogP contribution in [0.2, 0.25) is 0 Å². The molecule has 3 N–H and O–H groups in total. The van der Waals surface area contributed by atoms with E-state index in [4.69, 9.17) is 0 Å². The summed E-state index contributed by atoms with van der Waals surface area (Å²) in [4.78, 5) is 31.7. The topological polar surface area (TPSA) is 85.8 Å². The van der Waals surface area contributed by atoms with Gasteiger partial charge in [-0.2, -0.15) is 0 Å². The van der Waals surface area contributed by atoms with Gasteiger partial charge in [-0.15, -0.1) is 35.3 Å². The average molecular weight is 570 g/mol. The molecule has 3 rings (SSSR count). The average Bonchev–Trinajstić information content (AvgIpc) is 3.28. The molecular weight excluding hydrogens is 537 g/mol. The molecule has 7 nitrogen and oxygen atoms in total. The molecule has 1 atom stereocenters. The summed E-state index contributed by atoms with van der Waals surface area (Å²) in [6.07, 6.45) is 1.05. The largest absolute Gasteiger partial charge is 0.357 e. The van der Waals surface area contributed by atoms with Gasteiger partial charge in [0.1, 0.15) is 0 Å². The Hall–Kier alpha value is -2.14. The second-order valence-corrected chi connectivity index (χ2v) is 8.77. The Balaban J connectivity index is 0.00000363. The van der Waals surface area contributed by atoms with Gasteiger partial charge in [-0.3, -0.25) is 9.59 Å². The Kier molecular flexibility index (Phi) is 10.9. The SMILES string of the molecule is CCNC(=NCc1ccc(C(=O)N2CCNC(=O)C2)cc1)NCC(C)Cc1cccs1.I. The molecule has 2 aromatic rings. The van der Waals surface area contributed by atoms with E-state index >= 15 is 0 Å². The number of benzene rings is 1. The van der Waals surface area contributed by atoms with Crippen LogP contribution >= 0.6 is 35.3 Å². The van der Waals surface area contributed by atoms with Crippen LogP contribution in [0.4, 0.5) is 0 Å². The molecule has 1 aromatic carbocycles. The van der Waals surface area contributed by atoms with Gasteiger partial charge in [0.15, 0.2) is 5.96 Å². The molecule has 0 spiro atoms. The zero-order valence-corrected chi connectivity index (χ0v) is 21.7. The summed E-state index contributed by atoms with van der Waals surface area (Å²) < 4.78 is 0. The Morgan fingerprint density at radius 2 is 2.03 bits per heavy atom. The number of hydrogen-bond donors (Lipinski definition) is 3.